The molecule has 6 heteroatoms. The van der Waals surface area contributed by atoms with Gasteiger partial charge in [-0.3, -0.25) is 19.5 Å². The third-order valence-corrected chi connectivity index (χ3v) is 4.42. The maximum absolute atomic E-state index is 12.4. The van der Waals surface area contributed by atoms with Crippen LogP contribution in [0.2, 0.25) is 0 Å². The summed E-state index contributed by atoms with van der Waals surface area (Å²) in [6.45, 7) is 6.01. The normalized spacial score (nSPS) is 15.5. The minimum atomic E-state index is -0.143. The van der Waals surface area contributed by atoms with E-state index in [4.69, 9.17) is 0 Å². The monoisotopic (exact) mass is 326 g/mol. The van der Waals surface area contributed by atoms with Crippen molar-refractivity contribution in [3.8, 4) is 0 Å². The van der Waals surface area contributed by atoms with E-state index in [-0.39, 0.29) is 18.0 Å². The van der Waals surface area contributed by atoms with Crippen molar-refractivity contribution in [1.82, 2.24) is 19.4 Å². The number of carbonyl (C=O) groups is 1. The number of nitrogens with zero attached hydrogens (tertiary/aromatic N) is 4. The topological polar surface area (TPSA) is 58.4 Å². The van der Waals surface area contributed by atoms with Gasteiger partial charge in [0.15, 0.2) is 0 Å². The Morgan fingerprint density at radius 2 is 1.92 bits per heavy atom. The van der Waals surface area contributed by atoms with Crippen LogP contribution in [0.4, 0.5) is 0 Å². The molecule has 3 heterocycles. The zero-order chi connectivity index (χ0) is 16.9. The van der Waals surface area contributed by atoms with E-state index in [0.29, 0.717) is 13.1 Å². The van der Waals surface area contributed by atoms with Crippen molar-refractivity contribution < 1.29 is 4.79 Å². The van der Waals surface area contributed by atoms with Crippen molar-refractivity contribution in [2.45, 2.75) is 20.0 Å². The van der Waals surface area contributed by atoms with E-state index in [1.807, 2.05) is 17.2 Å². The Balaban J connectivity index is 1.53. The summed E-state index contributed by atoms with van der Waals surface area (Å²) in [4.78, 5) is 32.7. The highest BCUT2D eigenvalue weighted by molar-refractivity contribution is 5.76. The van der Waals surface area contributed by atoms with Crippen LogP contribution in [0.1, 0.15) is 11.3 Å². The second kappa shape index (κ2) is 7.40. The lowest BCUT2D eigenvalue weighted by Crippen LogP contribution is -2.49. The molecule has 24 heavy (non-hydrogen) atoms. The van der Waals surface area contributed by atoms with Crippen molar-refractivity contribution in [2.75, 3.05) is 26.2 Å². The number of aromatic nitrogens is 2. The van der Waals surface area contributed by atoms with Gasteiger partial charge in [-0.1, -0.05) is 12.1 Å². The molecule has 6 nitrogen and oxygen atoms in total. The lowest BCUT2D eigenvalue weighted by Gasteiger charge is -2.34. The summed E-state index contributed by atoms with van der Waals surface area (Å²) < 4.78 is 1.45. The average Bonchev–Trinajstić information content (AvgIpc) is 2.59. The Labute approximate surface area is 141 Å². The van der Waals surface area contributed by atoms with E-state index in [1.54, 1.807) is 18.3 Å². The minimum Gasteiger partial charge on any atom is -0.339 e. The predicted molar refractivity (Wildman–Crippen MR) is 91.5 cm³/mol. The number of pyridine rings is 2. The molecule has 2 aromatic rings. The minimum absolute atomic E-state index is 0.00281. The molecule has 0 saturated carbocycles. The summed E-state index contributed by atoms with van der Waals surface area (Å²) in [7, 11) is 0. The fraction of sp³-hybridized carbons (Fsp3) is 0.389. The van der Waals surface area contributed by atoms with E-state index >= 15 is 0 Å². The molecule has 0 unspecified atom stereocenters. The second-order valence-corrected chi connectivity index (χ2v) is 6.09. The summed E-state index contributed by atoms with van der Waals surface area (Å²) in [5.41, 5.74) is 2.14. The Morgan fingerprint density at radius 3 is 2.62 bits per heavy atom. The van der Waals surface area contributed by atoms with Gasteiger partial charge in [-0.05, 0) is 24.6 Å². The zero-order valence-corrected chi connectivity index (χ0v) is 13.9. The molecule has 0 aliphatic carbocycles. The molecule has 1 aliphatic rings. The number of carbonyl (C=O) groups excluding carboxylic acids is 1. The maximum atomic E-state index is 12.4. The quantitative estimate of drug-likeness (QED) is 0.837. The Morgan fingerprint density at radius 1 is 1.12 bits per heavy atom. The van der Waals surface area contributed by atoms with Crippen LogP contribution < -0.4 is 5.56 Å². The lowest BCUT2D eigenvalue weighted by atomic mass is 10.2. The van der Waals surface area contributed by atoms with E-state index in [0.717, 1.165) is 25.3 Å². The standard InChI is InChI=1S/C18H22N4O2/c1-15-5-4-7-19-16(15)13-20-9-11-21(12-10-20)18(24)14-22-8-3-2-6-17(22)23/h2-8H,9-14H2,1H3. The second-order valence-electron chi connectivity index (χ2n) is 6.09. The highest BCUT2D eigenvalue weighted by Gasteiger charge is 2.21. The third kappa shape index (κ3) is 3.89. The summed E-state index contributed by atoms with van der Waals surface area (Å²) in [6, 6.07) is 8.94. The van der Waals surface area contributed by atoms with Crippen LogP contribution in [0.25, 0.3) is 0 Å². The van der Waals surface area contributed by atoms with Crippen LogP contribution in [-0.2, 0) is 17.9 Å². The summed E-state index contributed by atoms with van der Waals surface area (Å²) >= 11 is 0. The fourth-order valence-corrected chi connectivity index (χ4v) is 2.89. The van der Waals surface area contributed by atoms with Gasteiger partial charge in [0, 0.05) is 51.2 Å². The number of hydrogen-bond acceptors (Lipinski definition) is 4. The number of amides is 1. The van der Waals surface area contributed by atoms with Crippen molar-refractivity contribution in [2.24, 2.45) is 0 Å². The van der Waals surface area contributed by atoms with Gasteiger partial charge >= 0.3 is 0 Å². The van der Waals surface area contributed by atoms with Crippen LogP contribution >= 0.6 is 0 Å². The molecular formula is C18H22N4O2. The largest absolute Gasteiger partial charge is 0.339 e. The maximum Gasteiger partial charge on any atom is 0.250 e. The number of rotatable bonds is 4. The molecule has 1 amide bonds. The summed E-state index contributed by atoms with van der Waals surface area (Å²) in [5, 5.41) is 0. The highest BCUT2D eigenvalue weighted by atomic mass is 16.2. The van der Waals surface area contributed by atoms with Crippen LogP contribution in [0.5, 0.6) is 0 Å². The van der Waals surface area contributed by atoms with E-state index in [9.17, 15) is 9.59 Å². The number of hydrogen-bond donors (Lipinski definition) is 0. The van der Waals surface area contributed by atoms with E-state index in [1.165, 1.54) is 16.2 Å². The van der Waals surface area contributed by atoms with Crippen molar-refractivity contribution >= 4 is 5.91 Å². The molecule has 0 aromatic carbocycles. The van der Waals surface area contributed by atoms with Gasteiger partial charge in [-0.2, -0.15) is 0 Å². The smallest absolute Gasteiger partial charge is 0.250 e. The van der Waals surface area contributed by atoms with Crippen molar-refractivity contribution in [3.05, 3.63) is 64.3 Å². The molecule has 1 saturated heterocycles. The molecule has 0 bridgehead atoms. The fourth-order valence-electron chi connectivity index (χ4n) is 2.89. The average molecular weight is 326 g/mol. The van der Waals surface area contributed by atoms with Gasteiger partial charge in [0.25, 0.3) is 5.56 Å². The first kappa shape index (κ1) is 16.4. The molecule has 2 aromatic heterocycles. The molecule has 1 aliphatic heterocycles. The van der Waals surface area contributed by atoms with Gasteiger partial charge in [-0.25, -0.2) is 0 Å². The van der Waals surface area contributed by atoms with Gasteiger partial charge in [0.2, 0.25) is 5.91 Å². The van der Waals surface area contributed by atoms with Gasteiger partial charge < -0.3 is 9.47 Å². The lowest BCUT2D eigenvalue weighted by molar-refractivity contribution is -0.133. The molecule has 1 fully saturated rings. The first-order valence-electron chi connectivity index (χ1n) is 8.19. The van der Waals surface area contributed by atoms with E-state index in [2.05, 4.69) is 22.9 Å². The van der Waals surface area contributed by atoms with Crippen molar-refractivity contribution in [1.29, 1.82) is 0 Å². The molecule has 0 N–H and O–H groups in total. The molecule has 0 atom stereocenters. The Kier molecular flexibility index (Phi) is 5.05. The van der Waals surface area contributed by atoms with Crippen LogP contribution in [0.3, 0.4) is 0 Å². The van der Waals surface area contributed by atoms with Crippen LogP contribution in [0.15, 0.2) is 47.5 Å². The first-order chi connectivity index (χ1) is 11.6. The third-order valence-electron chi connectivity index (χ3n) is 4.42. The van der Waals surface area contributed by atoms with Gasteiger partial charge in [0.1, 0.15) is 6.54 Å². The van der Waals surface area contributed by atoms with Crippen LogP contribution in [-0.4, -0.2) is 51.4 Å². The zero-order valence-electron chi connectivity index (χ0n) is 13.9. The number of piperazine rings is 1. The summed E-state index contributed by atoms with van der Waals surface area (Å²) in [5.74, 6) is -0.00281. The summed E-state index contributed by atoms with van der Waals surface area (Å²) in [6.07, 6.45) is 3.47. The van der Waals surface area contributed by atoms with E-state index < -0.39 is 0 Å². The number of aryl methyl sites for hydroxylation is 1. The van der Waals surface area contributed by atoms with Crippen LogP contribution in [0, 0.1) is 6.92 Å². The Hall–Kier alpha value is -2.47. The van der Waals surface area contributed by atoms with Gasteiger partial charge in [0.05, 0.1) is 5.69 Å². The molecule has 0 spiro atoms. The Bertz CT molecular complexity index is 763. The van der Waals surface area contributed by atoms with Gasteiger partial charge in [-0.15, -0.1) is 0 Å². The molecule has 0 radical (unpaired) electrons. The highest BCUT2D eigenvalue weighted by Crippen LogP contribution is 2.10. The SMILES string of the molecule is Cc1cccnc1CN1CCN(C(=O)Cn2ccccc2=O)CC1. The molecule has 126 valence electrons. The predicted octanol–water partition coefficient (Wildman–Crippen LogP) is 0.896. The molecule has 3 rings (SSSR count). The van der Waals surface area contributed by atoms with Crippen molar-refractivity contribution in [3.63, 3.8) is 0 Å². The first-order valence-corrected chi connectivity index (χ1v) is 8.19. The molecular weight excluding hydrogens is 304 g/mol.